The van der Waals surface area contributed by atoms with E-state index < -0.39 is 21.8 Å². The van der Waals surface area contributed by atoms with Crippen LogP contribution in [0, 0.1) is 0 Å². The van der Waals surface area contributed by atoms with Crippen molar-refractivity contribution in [3.63, 3.8) is 0 Å². The number of nitrogens with one attached hydrogen (secondary N) is 2. The van der Waals surface area contributed by atoms with Gasteiger partial charge >= 0.3 is 11.8 Å². The quantitative estimate of drug-likeness (QED) is 0.671. The van der Waals surface area contributed by atoms with Gasteiger partial charge in [-0.25, -0.2) is 13.1 Å². The molecule has 166 valence electrons. The molecule has 1 aromatic carbocycles. The lowest BCUT2D eigenvalue weighted by molar-refractivity contribution is -0.145. The number of hydrogen-bond acceptors (Lipinski definition) is 4. The van der Waals surface area contributed by atoms with E-state index in [1.165, 1.54) is 6.42 Å². The summed E-state index contributed by atoms with van der Waals surface area (Å²) < 4.78 is 27.9. The van der Waals surface area contributed by atoms with Crippen molar-refractivity contribution in [3.8, 4) is 0 Å². The van der Waals surface area contributed by atoms with Crippen LogP contribution in [0.1, 0.15) is 63.4 Å². The number of hydrogen-bond donors (Lipinski definition) is 2. The van der Waals surface area contributed by atoms with E-state index in [4.69, 9.17) is 0 Å². The first-order valence-corrected chi connectivity index (χ1v) is 12.6. The zero-order valence-corrected chi connectivity index (χ0v) is 18.4. The average molecular weight is 436 g/mol. The Kier molecular flexibility index (Phi) is 8.27. The van der Waals surface area contributed by atoms with Crippen molar-refractivity contribution >= 4 is 21.8 Å². The van der Waals surface area contributed by atoms with E-state index >= 15 is 0 Å². The average Bonchev–Trinajstić information content (AvgIpc) is 3.03. The Hall–Kier alpha value is -1.93. The van der Waals surface area contributed by atoms with E-state index in [0.29, 0.717) is 26.1 Å². The second kappa shape index (κ2) is 10.9. The van der Waals surface area contributed by atoms with Gasteiger partial charge in [0, 0.05) is 25.7 Å². The van der Waals surface area contributed by atoms with Gasteiger partial charge < -0.3 is 10.2 Å². The van der Waals surface area contributed by atoms with E-state index in [-0.39, 0.29) is 10.9 Å². The van der Waals surface area contributed by atoms with Gasteiger partial charge in [-0.05, 0) is 49.8 Å². The van der Waals surface area contributed by atoms with Crippen molar-refractivity contribution in [2.24, 2.45) is 0 Å². The van der Waals surface area contributed by atoms with Gasteiger partial charge in [0.25, 0.3) is 0 Å². The van der Waals surface area contributed by atoms with E-state index in [1.54, 1.807) is 29.2 Å². The second-order valence-electron chi connectivity index (χ2n) is 8.31. The number of sulfonamides is 1. The molecule has 0 atom stereocenters. The van der Waals surface area contributed by atoms with E-state index in [1.807, 2.05) is 0 Å². The SMILES string of the molecule is O=C(NCCc1ccc(S(=O)(=O)NC2CCCCC2)cc1)C(=O)N1CCCCCC1. The molecule has 1 aromatic rings. The van der Waals surface area contributed by atoms with Crippen LogP contribution in [0.5, 0.6) is 0 Å². The first-order chi connectivity index (χ1) is 14.5. The predicted molar refractivity (Wildman–Crippen MR) is 115 cm³/mol. The van der Waals surface area contributed by atoms with Gasteiger partial charge in [-0.15, -0.1) is 0 Å². The molecule has 2 fully saturated rings. The smallest absolute Gasteiger partial charge is 0.311 e. The maximum Gasteiger partial charge on any atom is 0.311 e. The van der Waals surface area contributed by atoms with Crippen LogP contribution >= 0.6 is 0 Å². The summed E-state index contributed by atoms with van der Waals surface area (Å²) >= 11 is 0. The second-order valence-corrected chi connectivity index (χ2v) is 10.0. The molecule has 0 bridgehead atoms. The van der Waals surface area contributed by atoms with Gasteiger partial charge in [-0.2, -0.15) is 0 Å². The molecule has 1 aliphatic carbocycles. The summed E-state index contributed by atoms with van der Waals surface area (Å²) in [4.78, 5) is 26.3. The third-order valence-electron chi connectivity index (χ3n) is 5.95. The van der Waals surface area contributed by atoms with Crippen molar-refractivity contribution in [3.05, 3.63) is 29.8 Å². The highest BCUT2D eigenvalue weighted by molar-refractivity contribution is 7.89. The molecular formula is C22H33N3O4S. The van der Waals surface area contributed by atoms with E-state index in [0.717, 1.165) is 56.9 Å². The lowest BCUT2D eigenvalue weighted by atomic mass is 9.96. The van der Waals surface area contributed by atoms with Crippen molar-refractivity contribution in [1.82, 2.24) is 14.9 Å². The third-order valence-corrected chi connectivity index (χ3v) is 7.48. The van der Waals surface area contributed by atoms with Crippen LogP contribution in [0.2, 0.25) is 0 Å². The highest BCUT2D eigenvalue weighted by Crippen LogP contribution is 2.20. The highest BCUT2D eigenvalue weighted by atomic mass is 32.2. The predicted octanol–water partition coefficient (Wildman–Crippen LogP) is 2.36. The molecule has 0 aromatic heterocycles. The molecule has 3 rings (SSSR count). The van der Waals surface area contributed by atoms with Crippen LogP contribution in [0.3, 0.4) is 0 Å². The zero-order chi connectivity index (χ0) is 21.4. The molecule has 0 radical (unpaired) electrons. The monoisotopic (exact) mass is 435 g/mol. The zero-order valence-electron chi connectivity index (χ0n) is 17.6. The summed E-state index contributed by atoms with van der Waals surface area (Å²) in [5.41, 5.74) is 0.911. The molecule has 1 saturated carbocycles. The summed E-state index contributed by atoms with van der Waals surface area (Å²) in [5.74, 6) is -1.01. The highest BCUT2D eigenvalue weighted by Gasteiger charge is 2.23. The third kappa shape index (κ3) is 6.54. The standard InChI is InChI=1S/C22H33N3O4S/c26-21(22(27)25-16-6-1-2-7-17-25)23-15-14-18-10-12-20(13-11-18)30(28,29)24-19-8-4-3-5-9-19/h10-13,19,24H,1-9,14-17H2,(H,23,26). The van der Waals surface area contributed by atoms with Gasteiger partial charge in [0.1, 0.15) is 0 Å². The molecule has 1 aliphatic heterocycles. The van der Waals surface area contributed by atoms with Gasteiger partial charge in [-0.3, -0.25) is 9.59 Å². The van der Waals surface area contributed by atoms with Crippen molar-refractivity contribution < 1.29 is 18.0 Å². The summed E-state index contributed by atoms with van der Waals surface area (Å²) in [5, 5.41) is 2.69. The van der Waals surface area contributed by atoms with Gasteiger partial charge in [0.15, 0.2) is 0 Å². The van der Waals surface area contributed by atoms with Crippen LogP contribution < -0.4 is 10.0 Å². The fourth-order valence-corrected chi connectivity index (χ4v) is 5.46. The number of nitrogens with zero attached hydrogens (tertiary/aromatic N) is 1. The molecule has 0 spiro atoms. The minimum atomic E-state index is -3.51. The maximum absolute atomic E-state index is 12.6. The Balaban J connectivity index is 1.46. The Bertz CT molecular complexity index is 809. The molecule has 8 heteroatoms. The molecule has 1 saturated heterocycles. The van der Waals surface area contributed by atoms with E-state index in [9.17, 15) is 18.0 Å². The molecular weight excluding hydrogens is 402 g/mol. The minimum absolute atomic E-state index is 0.0281. The molecule has 1 heterocycles. The van der Waals surface area contributed by atoms with E-state index in [2.05, 4.69) is 10.0 Å². The number of likely N-dealkylation sites (tertiary alicyclic amines) is 1. The van der Waals surface area contributed by atoms with Crippen LogP contribution in [0.4, 0.5) is 0 Å². The van der Waals surface area contributed by atoms with Crippen molar-refractivity contribution in [2.75, 3.05) is 19.6 Å². The van der Waals surface area contributed by atoms with Gasteiger partial charge in [-0.1, -0.05) is 44.2 Å². The van der Waals surface area contributed by atoms with Gasteiger partial charge in [0.2, 0.25) is 10.0 Å². The maximum atomic E-state index is 12.6. The fourth-order valence-electron chi connectivity index (χ4n) is 4.16. The molecule has 0 unspecified atom stereocenters. The normalized spacial score (nSPS) is 18.6. The van der Waals surface area contributed by atoms with Crippen LogP contribution in [0.15, 0.2) is 29.2 Å². The Labute approximate surface area is 179 Å². The lowest BCUT2D eigenvalue weighted by Gasteiger charge is -2.22. The number of amides is 2. The van der Waals surface area contributed by atoms with Crippen molar-refractivity contribution in [1.29, 1.82) is 0 Å². The van der Waals surface area contributed by atoms with Gasteiger partial charge in [0.05, 0.1) is 4.90 Å². The molecule has 7 nitrogen and oxygen atoms in total. The number of benzene rings is 1. The first-order valence-electron chi connectivity index (χ1n) is 11.1. The topological polar surface area (TPSA) is 95.6 Å². The molecule has 2 N–H and O–H groups in total. The Morgan fingerprint density at radius 1 is 0.900 bits per heavy atom. The lowest BCUT2D eigenvalue weighted by Crippen LogP contribution is -2.43. The summed E-state index contributed by atoms with van der Waals surface area (Å²) in [6.07, 6.45) is 9.74. The molecule has 30 heavy (non-hydrogen) atoms. The minimum Gasteiger partial charge on any atom is -0.347 e. The Morgan fingerprint density at radius 2 is 1.50 bits per heavy atom. The largest absolute Gasteiger partial charge is 0.347 e. The summed E-state index contributed by atoms with van der Waals surface area (Å²) in [6.45, 7) is 1.64. The molecule has 2 amide bonds. The Morgan fingerprint density at radius 3 is 2.13 bits per heavy atom. The number of carbonyl (C=O) groups is 2. The number of rotatable bonds is 6. The first kappa shape index (κ1) is 22.7. The fraction of sp³-hybridized carbons (Fsp3) is 0.636. The number of carbonyl (C=O) groups excluding carboxylic acids is 2. The van der Waals surface area contributed by atoms with Crippen LogP contribution in [-0.2, 0) is 26.0 Å². The molecule has 2 aliphatic rings. The summed E-state index contributed by atoms with van der Waals surface area (Å²) in [7, 11) is -3.51. The van der Waals surface area contributed by atoms with Crippen molar-refractivity contribution in [2.45, 2.75) is 75.1 Å². The van der Waals surface area contributed by atoms with Crippen LogP contribution in [-0.4, -0.2) is 50.8 Å². The van der Waals surface area contributed by atoms with Crippen LogP contribution in [0.25, 0.3) is 0 Å². The summed E-state index contributed by atoms with van der Waals surface area (Å²) in [6, 6.07) is 6.76.